The quantitative estimate of drug-likeness (QED) is 0.125. The molecule has 12 heteroatoms. The van der Waals surface area contributed by atoms with Gasteiger partial charge in [0.2, 0.25) is 17.7 Å². The zero-order valence-electron chi connectivity index (χ0n) is 19.1. The van der Waals surface area contributed by atoms with Crippen LogP contribution in [0.4, 0.5) is 0 Å². The largest absolute Gasteiger partial charge is 0.480 e. The van der Waals surface area contributed by atoms with Crippen LogP contribution < -0.4 is 27.4 Å². The molecule has 3 amide bonds. The fourth-order valence-corrected chi connectivity index (χ4v) is 3.09. The molecule has 12 nitrogen and oxygen atoms in total. The number of aliphatic carboxylic acids is 1. The molecule has 190 valence electrons. The molecule has 0 fully saturated rings. The van der Waals surface area contributed by atoms with E-state index in [0.29, 0.717) is 24.9 Å². The maximum Gasteiger partial charge on any atom is 0.326 e. The van der Waals surface area contributed by atoms with E-state index in [1.54, 1.807) is 30.3 Å². The molecule has 0 aliphatic heterocycles. The predicted octanol–water partition coefficient (Wildman–Crippen LogP) is -2.40. The molecule has 1 rings (SSSR count). The van der Waals surface area contributed by atoms with Gasteiger partial charge >= 0.3 is 5.97 Å². The molecule has 0 spiro atoms. The van der Waals surface area contributed by atoms with Crippen LogP contribution in [0.3, 0.4) is 0 Å². The van der Waals surface area contributed by atoms with E-state index in [0.717, 1.165) is 0 Å². The van der Waals surface area contributed by atoms with E-state index in [1.165, 1.54) is 6.92 Å². The Morgan fingerprint density at radius 1 is 0.941 bits per heavy atom. The monoisotopic (exact) mass is 481 g/mol. The zero-order chi connectivity index (χ0) is 25.7. The smallest absolute Gasteiger partial charge is 0.326 e. The van der Waals surface area contributed by atoms with Gasteiger partial charge in [0.15, 0.2) is 0 Å². The summed E-state index contributed by atoms with van der Waals surface area (Å²) in [6.45, 7) is 0.984. The lowest BCUT2D eigenvalue weighted by molar-refractivity contribution is -0.142. The minimum absolute atomic E-state index is 0.0319. The zero-order valence-corrected chi connectivity index (χ0v) is 19.1. The standard InChI is InChI=1S/C22H35N5O7/c1-13(29)18(27-19(30)15(24)12-28)21(32)26-17(11-14-7-3-2-4-8-14)20(31)25-16(22(33)34)9-5-6-10-23/h2-4,7-8,13,15-18,28-29H,5-6,9-12,23-24H2,1H3,(H,25,31)(H,26,32)(H,27,30)(H,33,34). The van der Waals surface area contributed by atoms with Gasteiger partial charge < -0.3 is 42.7 Å². The third kappa shape index (κ3) is 9.83. The molecule has 0 aliphatic carbocycles. The minimum Gasteiger partial charge on any atom is -0.480 e. The van der Waals surface area contributed by atoms with Gasteiger partial charge in [0.05, 0.1) is 12.7 Å². The summed E-state index contributed by atoms with van der Waals surface area (Å²) in [6.07, 6.45) is -0.0709. The molecule has 34 heavy (non-hydrogen) atoms. The number of hydrogen-bond donors (Lipinski definition) is 8. The number of amides is 3. The normalized spacial score (nSPS) is 15.3. The third-order valence-corrected chi connectivity index (χ3v) is 5.07. The number of nitrogens with one attached hydrogen (secondary N) is 3. The molecular weight excluding hydrogens is 446 g/mol. The van der Waals surface area contributed by atoms with Crippen LogP contribution >= 0.6 is 0 Å². The Morgan fingerprint density at radius 2 is 1.56 bits per heavy atom. The van der Waals surface area contributed by atoms with Gasteiger partial charge in [-0.15, -0.1) is 0 Å². The van der Waals surface area contributed by atoms with Crippen molar-refractivity contribution in [2.75, 3.05) is 13.2 Å². The van der Waals surface area contributed by atoms with Crippen molar-refractivity contribution in [2.24, 2.45) is 11.5 Å². The summed E-state index contributed by atoms with van der Waals surface area (Å²) in [6, 6.07) is 3.59. The van der Waals surface area contributed by atoms with Gasteiger partial charge in [0.1, 0.15) is 24.2 Å². The van der Waals surface area contributed by atoms with E-state index >= 15 is 0 Å². The summed E-state index contributed by atoms with van der Waals surface area (Å²) >= 11 is 0. The summed E-state index contributed by atoms with van der Waals surface area (Å²) in [7, 11) is 0. The maximum atomic E-state index is 13.0. The molecule has 5 atom stereocenters. The summed E-state index contributed by atoms with van der Waals surface area (Å²) < 4.78 is 0. The minimum atomic E-state index is -1.46. The number of carboxylic acid groups (broad SMARTS) is 1. The van der Waals surface area contributed by atoms with Crippen LogP contribution in [0.1, 0.15) is 31.7 Å². The highest BCUT2D eigenvalue weighted by Crippen LogP contribution is 2.07. The van der Waals surface area contributed by atoms with Crippen molar-refractivity contribution >= 4 is 23.7 Å². The van der Waals surface area contributed by atoms with Crippen LogP contribution in [0.15, 0.2) is 30.3 Å². The molecular formula is C22H35N5O7. The third-order valence-electron chi connectivity index (χ3n) is 5.07. The molecule has 0 saturated heterocycles. The molecule has 0 bridgehead atoms. The second-order valence-corrected chi connectivity index (χ2v) is 7.95. The number of hydrogen-bond acceptors (Lipinski definition) is 8. The van der Waals surface area contributed by atoms with Crippen LogP contribution in [0.5, 0.6) is 0 Å². The van der Waals surface area contributed by atoms with Gasteiger partial charge in [0.25, 0.3) is 0 Å². The lowest BCUT2D eigenvalue weighted by atomic mass is 10.0. The van der Waals surface area contributed by atoms with E-state index in [2.05, 4.69) is 16.0 Å². The summed E-state index contributed by atoms with van der Waals surface area (Å²) in [5, 5.41) is 35.7. The maximum absolute atomic E-state index is 13.0. The highest BCUT2D eigenvalue weighted by Gasteiger charge is 2.32. The first-order valence-electron chi connectivity index (χ1n) is 11.0. The molecule has 0 aromatic heterocycles. The van der Waals surface area contributed by atoms with Crippen LogP contribution in [-0.2, 0) is 25.6 Å². The topological polar surface area (TPSA) is 217 Å². The Balaban J connectivity index is 3.05. The Kier molecular flexibility index (Phi) is 12.7. The first-order valence-corrected chi connectivity index (χ1v) is 11.0. The first-order chi connectivity index (χ1) is 16.1. The SMILES string of the molecule is CC(O)C(NC(=O)C(N)CO)C(=O)NC(Cc1ccccc1)C(=O)NC(CCCCN)C(=O)O. The Morgan fingerprint density at radius 3 is 2.09 bits per heavy atom. The molecule has 0 aliphatic rings. The fraction of sp³-hybridized carbons (Fsp3) is 0.545. The van der Waals surface area contributed by atoms with Gasteiger partial charge in [-0.1, -0.05) is 30.3 Å². The van der Waals surface area contributed by atoms with Crippen molar-refractivity contribution < 1.29 is 34.5 Å². The van der Waals surface area contributed by atoms with Gasteiger partial charge in [-0.25, -0.2) is 4.79 Å². The molecule has 0 heterocycles. The highest BCUT2D eigenvalue weighted by molar-refractivity contribution is 5.94. The molecule has 1 aromatic carbocycles. The number of aliphatic hydroxyl groups excluding tert-OH is 2. The van der Waals surface area contributed by atoms with E-state index in [-0.39, 0.29) is 12.8 Å². The second-order valence-electron chi connectivity index (χ2n) is 7.95. The molecule has 5 unspecified atom stereocenters. The van der Waals surface area contributed by atoms with Gasteiger partial charge in [0, 0.05) is 6.42 Å². The number of benzene rings is 1. The number of carbonyl (C=O) groups excluding carboxylic acids is 3. The van der Waals surface area contributed by atoms with Crippen molar-refractivity contribution in [2.45, 2.75) is 62.9 Å². The van der Waals surface area contributed by atoms with Crippen LogP contribution in [0.25, 0.3) is 0 Å². The predicted molar refractivity (Wildman–Crippen MR) is 123 cm³/mol. The summed E-state index contributed by atoms with van der Waals surface area (Å²) in [4.78, 5) is 49.5. The number of rotatable bonds is 15. The van der Waals surface area contributed by atoms with E-state index in [1.807, 2.05) is 0 Å². The van der Waals surface area contributed by atoms with Crippen molar-refractivity contribution in [1.82, 2.24) is 16.0 Å². The first kappa shape index (κ1) is 29.0. The highest BCUT2D eigenvalue weighted by atomic mass is 16.4. The number of unbranched alkanes of at least 4 members (excludes halogenated alkanes) is 1. The molecule has 0 saturated carbocycles. The average Bonchev–Trinajstić information content (AvgIpc) is 2.80. The second kappa shape index (κ2) is 15.0. The molecule has 1 aromatic rings. The number of carbonyl (C=O) groups is 4. The van der Waals surface area contributed by atoms with E-state index in [4.69, 9.17) is 16.6 Å². The van der Waals surface area contributed by atoms with Crippen LogP contribution in [0.2, 0.25) is 0 Å². The number of nitrogens with two attached hydrogens (primary N) is 2. The lowest BCUT2D eigenvalue weighted by Gasteiger charge is -2.26. The summed E-state index contributed by atoms with van der Waals surface area (Å²) in [5.74, 6) is -3.69. The fourth-order valence-electron chi connectivity index (χ4n) is 3.09. The van der Waals surface area contributed by atoms with E-state index < -0.39 is 60.6 Å². The van der Waals surface area contributed by atoms with Gasteiger partial charge in [-0.3, -0.25) is 14.4 Å². The number of carboxylic acids is 1. The lowest BCUT2D eigenvalue weighted by Crippen LogP contribution is -2.60. The van der Waals surface area contributed by atoms with Crippen molar-refractivity contribution in [3.05, 3.63) is 35.9 Å². The molecule has 10 N–H and O–H groups in total. The summed E-state index contributed by atoms with van der Waals surface area (Å²) in [5.41, 5.74) is 11.6. The van der Waals surface area contributed by atoms with E-state index in [9.17, 15) is 29.4 Å². The Bertz CT molecular complexity index is 806. The molecule has 0 radical (unpaired) electrons. The van der Waals surface area contributed by atoms with Crippen molar-refractivity contribution in [3.63, 3.8) is 0 Å². The Labute approximate surface area is 198 Å². The Hall–Kier alpha value is -3.06. The van der Waals surface area contributed by atoms with Gasteiger partial charge in [-0.2, -0.15) is 0 Å². The average molecular weight is 482 g/mol. The number of aliphatic hydroxyl groups is 2. The van der Waals surface area contributed by atoms with Gasteiger partial charge in [-0.05, 0) is 38.3 Å². The van der Waals surface area contributed by atoms with Crippen molar-refractivity contribution in [3.8, 4) is 0 Å². The van der Waals surface area contributed by atoms with Crippen LogP contribution in [-0.4, -0.2) is 82.4 Å². The van der Waals surface area contributed by atoms with Crippen LogP contribution in [0, 0.1) is 0 Å². The van der Waals surface area contributed by atoms with Crippen molar-refractivity contribution in [1.29, 1.82) is 0 Å².